The first-order chi connectivity index (χ1) is 9.07. The largest absolute Gasteiger partial charge is 0.468 e. The maximum absolute atomic E-state index is 11.9. The summed E-state index contributed by atoms with van der Waals surface area (Å²) in [6.45, 7) is 8.47. The molecule has 1 aliphatic rings. The number of nitrogens with zero attached hydrogens (tertiary/aromatic N) is 4. The van der Waals surface area contributed by atoms with E-state index < -0.39 is 17.4 Å². The molecule has 0 N–H and O–H groups in total. The Morgan fingerprint density at radius 3 is 2.89 bits per heavy atom. The quantitative estimate of drug-likeness (QED) is 0.596. The summed E-state index contributed by atoms with van der Waals surface area (Å²) in [4.78, 5) is 19.3. The lowest BCUT2D eigenvalue weighted by Crippen LogP contribution is -2.43. The predicted octanol–water partition coefficient (Wildman–Crippen LogP) is 1.19. The second kappa shape index (κ2) is 4.69. The van der Waals surface area contributed by atoms with Crippen LogP contribution in [0.4, 0.5) is 0 Å². The zero-order chi connectivity index (χ0) is 14.0. The van der Waals surface area contributed by atoms with Gasteiger partial charge in [0.2, 0.25) is 11.3 Å². The highest BCUT2D eigenvalue weighted by Crippen LogP contribution is 2.40. The van der Waals surface area contributed by atoms with Crippen LogP contribution in [-0.4, -0.2) is 29.3 Å². The van der Waals surface area contributed by atoms with E-state index in [9.17, 15) is 4.79 Å². The number of aromatic nitrogens is 2. The van der Waals surface area contributed by atoms with E-state index in [1.165, 1.54) is 14.0 Å². The zero-order valence-electron chi connectivity index (χ0n) is 10.6. The summed E-state index contributed by atoms with van der Waals surface area (Å²) in [5.74, 6) is -0.00887. The van der Waals surface area contributed by atoms with Crippen LogP contribution in [0.1, 0.15) is 37.4 Å². The van der Waals surface area contributed by atoms with Crippen molar-refractivity contribution in [3.05, 3.63) is 23.1 Å². The average Bonchev–Trinajstić information content (AvgIpc) is 3.16. The predicted molar refractivity (Wildman–Crippen MR) is 61.6 cm³/mol. The van der Waals surface area contributed by atoms with E-state index in [1.807, 2.05) is 0 Å². The van der Waals surface area contributed by atoms with Crippen LogP contribution in [0.25, 0.3) is 4.85 Å². The van der Waals surface area contributed by atoms with E-state index in [4.69, 9.17) is 16.4 Å². The molecule has 2 unspecified atom stereocenters. The van der Waals surface area contributed by atoms with Gasteiger partial charge < -0.3 is 9.26 Å². The maximum Gasteiger partial charge on any atom is 0.330 e. The molecule has 2 rings (SSSR count). The van der Waals surface area contributed by atoms with Crippen molar-refractivity contribution in [3.63, 3.8) is 0 Å². The molecular formula is C12H12N4O3. The lowest BCUT2D eigenvalue weighted by Gasteiger charge is -2.19. The van der Waals surface area contributed by atoms with Crippen molar-refractivity contribution in [1.29, 1.82) is 5.26 Å². The second-order valence-electron chi connectivity index (χ2n) is 4.59. The number of nitriles is 1. The van der Waals surface area contributed by atoms with Crippen LogP contribution >= 0.6 is 0 Å². The topological polar surface area (TPSA) is 93.4 Å². The van der Waals surface area contributed by atoms with Crippen LogP contribution in [-0.2, 0) is 14.9 Å². The molecule has 98 valence electrons. The van der Waals surface area contributed by atoms with Crippen LogP contribution < -0.4 is 0 Å². The summed E-state index contributed by atoms with van der Waals surface area (Å²) in [5, 5.41) is 12.8. The Kier molecular flexibility index (Phi) is 3.22. The Labute approximate surface area is 110 Å². The number of ether oxygens (including phenoxy) is 1. The molecule has 0 radical (unpaired) electrons. The fraction of sp³-hybridized carbons (Fsp3) is 0.583. The molecule has 1 saturated carbocycles. The summed E-state index contributed by atoms with van der Waals surface area (Å²) in [6.07, 6.45) is 1.95. The molecule has 7 heteroatoms. The normalized spacial score (nSPS) is 18.7. The van der Waals surface area contributed by atoms with Gasteiger partial charge in [0.1, 0.15) is 0 Å². The number of rotatable bonds is 4. The number of esters is 1. The van der Waals surface area contributed by atoms with Gasteiger partial charge in [-0.15, -0.1) is 0 Å². The monoisotopic (exact) mass is 260 g/mol. The Bertz CT molecular complexity index is 565. The third kappa shape index (κ3) is 2.04. The lowest BCUT2D eigenvalue weighted by molar-refractivity contribution is -0.147. The highest BCUT2D eigenvalue weighted by atomic mass is 16.5. The minimum Gasteiger partial charge on any atom is -0.468 e. The molecule has 19 heavy (non-hydrogen) atoms. The van der Waals surface area contributed by atoms with Crippen LogP contribution in [0.2, 0.25) is 0 Å². The van der Waals surface area contributed by atoms with Gasteiger partial charge in [0, 0.05) is 5.92 Å². The second-order valence-corrected chi connectivity index (χ2v) is 4.59. The van der Waals surface area contributed by atoms with Crippen molar-refractivity contribution >= 4 is 5.97 Å². The fourth-order valence-electron chi connectivity index (χ4n) is 1.77. The lowest BCUT2D eigenvalue weighted by atomic mass is 9.82. The SMILES string of the molecule is [C-]#[N+]C(C#N)C(C)(C(=O)OC)c1noc(C2CC2)n1. The molecule has 1 fully saturated rings. The zero-order valence-corrected chi connectivity index (χ0v) is 10.6. The number of methoxy groups -OCH3 is 1. The number of hydrogen-bond acceptors (Lipinski definition) is 6. The molecule has 0 aliphatic heterocycles. The molecule has 1 aromatic rings. The fourth-order valence-corrected chi connectivity index (χ4v) is 1.77. The standard InChI is InChI=1S/C12H12N4O3/c1-12(11(17)18-3,8(6-13)14-2)10-15-9(19-16-10)7-4-5-7/h7-8H,4-5H2,1,3H3. The van der Waals surface area contributed by atoms with Gasteiger partial charge in [-0.25, -0.2) is 6.57 Å². The van der Waals surface area contributed by atoms with E-state index in [1.54, 1.807) is 6.07 Å². The number of carbonyl (C=O) groups is 1. The minimum atomic E-state index is -1.54. The molecule has 0 saturated heterocycles. The molecule has 0 spiro atoms. The third-order valence-electron chi connectivity index (χ3n) is 3.24. The van der Waals surface area contributed by atoms with E-state index in [0.29, 0.717) is 5.89 Å². The molecule has 0 aromatic carbocycles. The van der Waals surface area contributed by atoms with Gasteiger partial charge in [0.05, 0.1) is 7.11 Å². The molecule has 2 atom stereocenters. The van der Waals surface area contributed by atoms with Crippen molar-refractivity contribution < 1.29 is 14.1 Å². The molecule has 7 nitrogen and oxygen atoms in total. The Morgan fingerprint density at radius 1 is 1.74 bits per heavy atom. The number of carbonyl (C=O) groups excluding carboxylic acids is 1. The van der Waals surface area contributed by atoms with E-state index >= 15 is 0 Å². The number of hydrogen-bond donors (Lipinski definition) is 0. The van der Waals surface area contributed by atoms with Gasteiger partial charge in [-0.2, -0.15) is 10.2 Å². The third-order valence-corrected chi connectivity index (χ3v) is 3.24. The molecule has 0 bridgehead atoms. The summed E-state index contributed by atoms with van der Waals surface area (Å²) < 4.78 is 9.77. The first-order valence-electron chi connectivity index (χ1n) is 5.76. The first-order valence-corrected chi connectivity index (χ1v) is 5.76. The van der Waals surface area contributed by atoms with Crippen LogP contribution in [0.3, 0.4) is 0 Å². The van der Waals surface area contributed by atoms with Gasteiger partial charge in [-0.05, 0) is 19.8 Å². The minimum absolute atomic E-state index is 0.0313. The summed E-state index contributed by atoms with van der Waals surface area (Å²) >= 11 is 0. The van der Waals surface area contributed by atoms with Gasteiger partial charge in [-0.1, -0.05) is 5.16 Å². The van der Waals surface area contributed by atoms with E-state index in [-0.39, 0.29) is 11.7 Å². The molecular weight excluding hydrogens is 248 g/mol. The van der Waals surface area contributed by atoms with Crippen molar-refractivity contribution in [2.45, 2.75) is 37.1 Å². The smallest absolute Gasteiger partial charge is 0.330 e. The Morgan fingerprint density at radius 2 is 2.42 bits per heavy atom. The Balaban J connectivity index is 2.44. The van der Waals surface area contributed by atoms with Crippen LogP contribution in [0.5, 0.6) is 0 Å². The van der Waals surface area contributed by atoms with E-state index in [2.05, 4.69) is 19.7 Å². The molecule has 1 heterocycles. The Hall–Kier alpha value is -2.41. The highest BCUT2D eigenvalue weighted by molar-refractivity contribution is 5.83. The summed E-state index contributed by atoms with van der Waals surface area (Å²) in [6, 6.07) is 0.524. The average molecular weight is 260 g/mol. The van der Waals surface area contributed by atoms with Gasteiger partial charge in [0.15, 0.2) is 11.9 Å². The highest BCUT2D eigenvalue weighted by Gasteiger charge is 2.54. The van der Waals surface area contributed by atoms with Crippen molar-refractivity contribution in [3.8, 4) is 6.07 Å². The molecule has 1 aromatic heterocycles. The first kappa shape index (κ1) is 13.0. The van der Waals surface area contributed by atoms with Crippen LogP contribution in [0.15, 0.2) is 4.52 Å². The molecule has 1 aliphatic carbocycles. The van der Waals surface area contributed by atoms with Crippen molar-refractivity contribution in [2.24, 2.45) is 0 Å². The van der Waals surface area contributed by atoms with Crippen molar-refractivity contribution in [2.75, 3.05) is 7.11 Å². The summed E-state index contributed by atoms with van der Waals surface area (Å²) in [7, 11) is 1.20. The van der Waals surface area contributed by atoms with Gasteiger partial charge in [-0.3, -0.25) is 9.64 Å². The van der Waals surface area contributed by atoms with E-state index in [0.717, 1.165) is 12.8 Å². The summed E-state index contributed by atoms with van der Waals surface area (Å²) in [5.41, 5.74) is -1.54. The molecule has 0 amide bonds. The van der Waals surface area contributed by atoms with Crippen molar-refractivity contribution in [1.82, 2.24) is 10.1 Å². The van der Waals surface area contributed by atoms with Crippen LogP contribution in [0, 0.1) is 17.9 Å². The van der Waals surface area contributed by atoms with Gasteiger partial charge >= 0.3 is 12.0 Å². The van der Waals surface area contributed by atoms with Gasteiger partial charge in [0.25, 0.3) is 0 Å². The maximum atomic E-state index is 11.9.